The quantitative estimate of drug-likeness (QED) is 0.740. The fraction of sp³-hybridized carbons (Fsp3) is 0.350. The van der Waals surface area contributed by atoms with Crippen LogP contribution in [0.1, 0.15) is 44.6 Å². The Morgan fingerprint density at radius 1 is 1.04 bits per heavy atom. The number of unbranched alkanes of at least 4 members (excludes halogenated alkanes) is 1. The normalized spacial score (nSPS) is 11.9. The largest absolute Gasteiger partial charge is 0.508 e. The van der Waals surface area contributed by atoms with E-state index in [4.69, 9.17) is 4.74 Å². The zero-order chi connectivity index (χ0) is 16.7. The van der Waals surface area contributed by atoms with Crippen LogP contribution in [-0.2, 0) is 9.53 Å². The summed E-state index contributed by atoms with van der Waals surface area (Å²) in [6.07, 6.45) is 2.39. The summed E-state index contributed by atoms with van der Waals surface area (Å²) in [5.41, 5.74) is 3.31. The zero-order valence-corrected chi connectivity index (χ0v) is 13.8. The highest BCUT2D eigenvalue weighted by molar-refractivity contribution is 5.69. The molecule has 0 saturated carbocycles. The van der Waals surface area contributed by atoms with Gasteiger partial charge in [-0.15, -0.1) is 0 Å². The highest BCUT2D eigenvalue weighted by Gasteiger charge is 2.09. The van der Waals surface area contributed by atoms with Crippen molar-refractivity contribution in [3.63, 3.8) is 0 Å². The lowest BCUT2D eigenvalue weighted by atomic mass is 9.98. The van der Waals surface area contributed by atoms with Crippen molar-refractivity contribution < 1.29 is 14.6 Å². The number of phenols is 1. The van der Waals surface area contributed by atoms with Crippen LogP contribution in [0.15, 0.2) is 48.5 Å². The smallest absolute Gasteiger partial charge is 0.305 e. The summed E-state index contributed by atoms with van der Waals surface area (Å²) in [5.74, 6) is 0.331. The van der Waals surface area contributed by atoms with Crippen molar-refractivity contribution in [1.29, 1.82) is 0 Å². The fourth-order valence-corrected chi connectivity index (χ4v) is 2.37. The first kappa shape index (κ1) is 17.1. The lowest BCUT2D eigenvalue weighted by Crippen LogP contribution is -2.10. The molecule has 3 nitrogen and oxygen atoms in total. The Morgan fingerprint density at radius 2 is 1.61 bits per heavy atom. The molecule has 2 aromatic rings. The molecule has 2 aromatic carbocycles. The number of esters is 1. The first-order valence-corrected chi connectivity index (χ1v) is 8.15. The van der Waals surface area contributed by atoms with Crippen LogP contribution >= 0.6 is 0 Å². The van der Waals surface area contributed by atoms with Gasteiger partial charge in [0, 0.05) is 12.3 Å². The highest BCUT2D eigenvalue weighted by atomic mass is 16.5. The molecule has 0 heterocycles. The number of hydrogen-bond donors (Lipinski definition) is 1. The topological polar surface area (TPSA) is 46.5 Å². The Hall–Kier alpha value is -2.29. The number of carbonyl (C=O) groups excluding carboxylic acids is 1. The molecule has 2 rings (SSSR count). The van der Waals surface area contributed by atoms with Gasteiger partial charge in [0.05, 0.1) is 6.61 Å². The minimum atomic E-state index is -0.112. The van der Waals surface area contributed by atoms with Crippen molar-refractivity contribution in [2.24, 2.45) is 0 Å². The monoisotopic (exact) mass is 312 g/mol. The molecule has 3 heteroatoms. The molecule has 0 saturated heterocycles. The van der Waals surface area contributed by atoms with Gasteiger partial charge in [0.2, 0.25) is 0 Å². The summed E-state index contributed by atoms with van der Waals surface area (Å²) in [7, 11) is 0. The van der Waals surface area contributed by atoms with Crippen LogP contribution in [0.3, 0.4) is 0 Å². The van der Waals surface area contributed by atoms with E-state index >= 15 is 0 Å². The van der Waals surface area contributed by atoms with E-state index in [1.807, 2.05) is 12.1 Å². The molecule has 0 aliphatic rings. The van der Waals surface area contributed by atoms with Gasteiger partial charge in [-0.05, 0) is 35.2 Å². The predicted molar refractivity (Wildman–Crippen MR) is 92.4 cm³/mol. The van der Waals surface area contributed by atoms with Gasteiger partial charge in [-0.3, -0.25) is 4.79 Å². The molecule has 0 amide bonds. The third-order valence-corrected chi connectivity index (χ3v) is 3.91. The van der Waals surface area contributed by atoms with E-state index in [1.54, 1.807) is 12.1 Å². The average molecular weight is 312 g/mol. The van der Waals surface area contributed by atoms with Gasteiger partial charge in [0.25, 0.3) is 0 Å². The maximum atomic E-state index is 11.6. The summed E-state index contributed by atoms with van der Waals surface area (Å²) in [4.78, 5) is 11.6. The molecular formula is C20H24O3. The van der Waals surface area contributed by atoms with Crippen molar-refractivity contribution in [3.8, 4) is 16.9 Å². The third-order valence-electron chi connectivity index (χ3n) is 3.91. The number of carbonyl (C=O) groups is 1. The second kappa shape index (κ2) is 8.37. The minimum Gasteiger partial charge on any atom is -0.508 e. The van der Waals surface area contributed by atoms with Crippen LogP contribution in [0.5, 0.6) is 5.75 Å². The first-order valence-electron chi connectivity index (χ1n) is 8.15. The third kappa shape index (κ3) is 5.13. The van der Waals surface area contributed by atoms with Crippen molar-refractivity contribution in [3.05, 3.63) is 54.1 Å². The molecule has 0 aliphatic heterocycles. The van der Waals surface area contributed by atoms with Crippen LogP contribution in [0, 0.1) is 0 Å². The first-order chi connectivity index (χ1) is 11.1. The van der Waals surface area contributed by atoms with E-state index in [1.165, 1.54) is 0 Å². The molecule has 0 fully saturated rings. The predicted octanol–water partition coefficient (Wildman–Crippen LogP) is 4.90. The van der Waals surface area contributed by atoms with Crippen LogP contribution in [0.4, 0.5) is 0 Å². The van der Waals surface area contributed by atoms with Gasteiger partial charge in [0.1, 0.15) is 5.75 Å². The lowest BCUT2D eigenvalue weighted by Gasteiger charge is -2.13. The number of benzene rings is 2. The molecule has 0 aliphatic carbocycles. The number of ether oxygens (including phenoxy) is 1. The van der Waals surface area contributed by atoms with Crippen LogP contribution in [0.2, 0.25) is 0 Å². The van der Waals surface area contributed by atoms with Crippen LogP contribution in [-0.4, -0.2) is 17.7 Å². The Bertz CT molecular complexity index is 614. The van der Waals surface area contributed by atoms with Crippen molar-refractivity contribution in [2.75, 3.05) is 6.61 Å². The van der Waals surface area contributed by atoms with Gasteiger partial charge in [0.15, 0.2) is 0 Å². The Labute approximate surface area is 137 Å². The van der Waals surface area contributed by atoms with Crippen molar-refractivity contribution in [2.45, 2.75) is 39.0 Å². The van der Waals surface area contributed by atoms with Crippen molar-refractivity contribution >= 4 is 5.97 Å². The van der Waals surface area contributed by atoms with Crippen LogP contribution in [0.25, 0.3) is 11.1 Å². The molecule has 122 valence electrons. The molecule has 23 heavy (non-hydrogen) atoms. The maximum absolute atomic E-state index is 11.6. The standard InChI is InChI=1S/C20H24O3/c1-3-4-5-20(22)23-14-15(2)16-6-8-17(9-7-16)18-10-12-19(21)13-11-18/h6-13,15,21H,3-5,14H2,1-2H3. The van der Waals surface area contributed by atoms with Gasteiger partial charge in [-0.25, -0.2) is 0 Å². The number of rotatable bonds is 7. The van der Waals surface area contributed by atoms with E-state index in [0.29, 0.717) is 13.0 Å². The van der Waals surface area contributed by atoms with E-state index in [0.717, 1.165) is 29.5 Å². The van der Waals surface area contributed by atoms with E-state index in [9.17, 15) is 9.90 Å². The summed E-state index contributed by atoms with van der Waals surface area (Å²) >= 11 is 0. The molecular weight excluding hydrogens is 288 g/mol. The zero-order valence-electron chi connectivity index (χ0n) is 13.8. The molecule has 1 unspecified atom stereocenters. The van der Waals surface area contributed by atoms with E-state index in [2.05, 4.69) is 38.1 Å². The summed E-state index contributed by atoms with van der Waals surface area (Å²) < 4.78 is 5.32. The van der Waals surface area contributed by atoms with Gasteiger partial charge in [-0.2, -0.15) is 0 Å². The molecule has 0 aromatic heterocycles. The number of hydrogen-bond acceptors (Lipinski definition) is 3. The summed E-state index contributed by atoms with van der Waals surface area (Å²) in [6, 6.07) is 15.4. The van der Waals surface area contributed by atoms with E-state index < -0.39 is 0 Å². The summed E-state index contributed by atoms with van der Waals surface area (Å²) in [5, 5.41) is 9.34. The fourth-order valence-electron chi connectivity index (χ4n) is 2.37. The van der Waals surface area contributed by atoms with Gasteiger partial charge < -0.3 is 9.84 Å². The summed E-state index contributed by atoms with van der Waals surface area (Å²) in [6.45, 7) is 4.54. The molecule has 1 atom stereocenters. The van der Waals surface area contributed by atoms with E-state index in [-0.39, 0.29) is 17.6 Å². The molecule has 0 bridgehead atoms. The van der Waals surface area contributed by atoms with Crippen LogP contribution < -0.4 is 0 Å². The highest BCUT2D eigenvalue weighted by Crippen LogP contribution is 2.24. The number of aromatic hydroxyl groups is 1. The Balaban J connectivity index is 1.93. The van der Waals surface area contributed by atoms with Gasteiger partial charge in [-0.1, -0.05) is 56.7 Å². The Morgan fingerprint density at radius 3 is 2.17 bits per heavy atom. The second-order valence-electron chi connectivity index (χ2n) is 5.86. The Kier molecular flexibility index (Phi) is 6.21. The van der Waals surface area contributed by atoms with Gasteiger partial charge >= 0.3 is 5.97 Å². The second-order valence-corrected chi connectivity index (χ2v) is 5.86. The molecule has 0 radical (unpaired) electrons. The maximum Gasteiger partial charge on any atom is 0.305 e. The molecule has 1 N–H and O–H groups in total. The molecule has 0 spiro atoms. The van der Waals surface area contributed by atoms with Crippen molar-refractivity contribution in [1.82, 2.24) is 0 Å². The average Bonchev–Trinajstić information content (AvgIpc) is 2.58. The lowest BCUT2D eigenvalue weighted by molar-refractivity contribution is -0.144. The SMILES string of the molecule is CCCCC(=O)OCC(C)c1ccc(-c2ccc(O)cc2)cc1. The number of phenolic OH excluding ortho intramolecular Hbond substituents is 1. The minimum absolute atomic E-state index is 0.112.